The summed E-state index contributed by atoms with van der Waals surface area (Å²) in [5.41, 5.74) is 1.67. The first-order chi connectivity index (χ1) is 8.28. The van der Waals surface area contributed by atoms with Crippen LogP contribution in [-0.4, -0.2) is 12.4 Å². The molecule has 94 valence electrons. The van der Waals surface area contributed by atoms with Crippen LogP contribution in [0.25, 0.3) is 0 Å². The SMILES string of the molecule is CCc1cccc(OCC2(CS)CCCC2)c1. The Balaban J connectivity index is 1.96. The maximum atomic E-state index is 5.98. The molecule has 0 saturated heterocycles. The highest BCUT2D eigenvalue weighted by atomic mass is 32.1. The lowest BCUT2D eigenvalue weighted by atomic mass is 9.90. The van der Waals surface area contributed by atoms with Gasteiger partial charge in [0.25, 0.3) is 0 Å². The van der Waals surface area contributed by atoms with E-state index in [-0.39, 0.29) is 0 Å². The molecule has 17 heavy (non-hydrogen) atoms. The highest BCUT2D eigenvalue weighted by Crippen LogP contribution is 2.39. The maximum absolute atomic E-state index is 5.98. The van der Waals surface area contributed by atoms with Crippen molar-refractivity contribution in [1.82, 2.24) is 0 Å². The summed E-state index contributed by atoms with van der Waals surface area (Å²) in [5, 5.41) is 0. The summed E-state index contributed by atoms with van der Waals surface area (Å²) < 4.78 is 5.98. The number of rotatable bonds is 5. The monoisotopic (exact) mass is 250 g/mol. The molecule has 0 unspecified atom stereocenters. The van der Waals surface area contributed by atoms with Crippen LogP contribution in [0.5, 0.6) is 5.75 Å². The van der Waals surface area contributed by atoms with Crippen LogP contribution in [0.3, 0.4) is 0 Å². The molecule has 1 aliphatic rings. The highest BCUT2D eigenvalue weighted by molar-refractivity contribution is 7.80. The first kappa shape index (κ1) is 12.8. The first-order valence-electron chi connectivity index (χ1n) is 6.61. The molecule has 2 rings (SSSR count). The van der Waals surface area contributed by atoms with E-state index in [0.29, 0.717) is 5.41 Å². The smallest absolute Gasteiger partial charge is 0.119 e. The largest absolute Gasteiger partial charge is 0.493 e. The summed E-state index contributed by atoms with van der Waals surface area (Å²) in [6.45, 7) is 3.00. The molecule has 0 aromatic heterocycles. The van der Waals surface area contributed by atoms with Crippen LogP contribution < -0.4 is 4.74 Å². The van der Waals surface area contributed by atoms with Gasteiger partial charge in [0.1, 0.15) is 5.75 Å². The van der Waals surface area contributed by atoms with Gasteiger partial charge in [-0.3, -0.25) is 0 Å². The highest BCUT2D eigenvalue weighted by Gasteiger charge is 2.33. The quantitative estimate of drug-likeness (QED) is 0.773. The predicted octanol–water partition coefficient (Wildman–Crippen LogP) is 4.12. The Bertz CT molecular complexity index is 356. The van der Waals surface area contributed by atoms with Crippen LogP contribution in [0.1, 0.15) is 38.2 Å². The van der Waals surface area contributed by atoms with E-state index >= 15 is 0 Å². The summed E-state index contributed by atoms with van der Waals surface area (Å²) in [5.74, 6) is 1.96. The number of hydrogen-bond donors (Lipinski definition) is 1. The summed E-state index contributed by atoms with van der Waals surface area (Å²) in [6, 6.07) is 8.44. The van der Waals surface area contributed by atoms with Gasteiger partial charge >= 0.3 is 0 Å². The lowest BCUT2D eigenvalue weighted by Crippen LogP contribution is -2.27. The van der Waals surface area contributed by atoms with Crippen LogP contribution in [0.4, 0.5) is 0 Å². The molecule has 0 amide bonds. The molecule has 1 aromatic rings. The van der Waals surface area contributed by atoms with E-state index in [4.69, 9.17) is 4.74 Å². The Morgan fingerprint density at radius 2 is 2.06 bits per heavy atom. The third-order valence-corrected chi connectivity index (χ3v) is 4.52. The standard InChI is InChI=1S/C15H22OS/c1-2-13-6-5-7-14(10-13)16-11-15(12-17)8-3-4-9-15/h5-7,10,17H,2-4,8-9,11-12H2,1H3. The number of thiol groups is 1. The van der Waals surface area contributed by atoms with Crippen molar-refractivity contribution in [2.75, 3.05) is 12.4 Å². The Hall–Kier alpha value is -0.630. The van der Waals surface area contributed by atoms with Gasteiger partial charge in [-0.25, -0.2) is 0 Å². The molecule has 0 N–H and O–H groups in total. The summed E-state index contributed by atoms with van der Waals surface area (Å²) in [7, 11) is 0. The molecule has 2 heteroatoms. The van der Waals surface area contributed by atoms with Gasteiger partial charge in [0.2, 0.25) is 0 Å². The lowest BCUT2D eigenvalue weighted by Gasteiger charge is -2.26. The van der Waals surface area contributed by atoms with Gasteiger partial charge in [-0.2, -0.15) is 12.6 Å². The molecule has 1 nitrogen and oxygen atoms in total. The van der Waals surface area contributed by atoms with Crippen molar-refractivity contribution in [3.05, 3.63) is 29.8 Å². The second-order valence-corrected chi connectivity index (χ2v) is 5.47. The van der Waals surface area contributed by atoms with Gasteiger partial charge in [0, 0.05) is 5.41 Å². The van der Waals surface area contributed by atoms with E-state index in [9.17, 15) is 0 Å². The Morgan fingerprint density at radius 1 is 1.29 bits per heavy atom. The average molecular weight is 250 g/mol. The zero-order chi connectivity index (χ0) is 12.1. The van der Waals surface area contributed by atoms with Crippen molar-refractivity contribution in [2.24, 2.45) is 5.41 Å². The fraction of sp³-hybridized carbons (Fsp3) is 0.600. The minimum absolute atomic E-state index is 0.325. The van der Waals surface area contributed by atoms with Crippen LogP contribution in [0.2, 0.25) is 0 Å². The zero-order valence-corrected chi connectivity index (χ0v) is 11.5. The number of aryl methyl sites for hydroxylation is 1. The lowest BCUT2D eigenvalue weighted by molar-refractivity contribution is 0.173. The average Bonchev–Trinajstić information content (AvgIpc) is 2.86. The van der Waals surface area contributed by atoms with Crippen LogP contribution in [-0.2, 0) is 6.42 Å². The molecule has 0 heterocycles. The third-order valence-electron chi connectivity index (χ3n) is 3.85. The van der Waals surface area contributed by atoms with Crippen molar-refractivity contribution in [3.8, 4) is 5.75 Å². The van der Waals surface area contributed by atoms with E-state index in [1.807, 2.05) is 0 Å². The van der Waals surface area contributed by atoms with Crippen LogP contribution >= 0.6 is 12.6 Å². The Labute approximate surface area is 110 Å². The number of ether oxygens (including phenoxy) is 1. The Morgan fingerprint density at radius 3 is 2.71 bits per heavy atom. The second kappa shape index (κ2) is 5.81. The zero-order valence-electron chi connectivity index (χ0n) is 10.6. The van der Waals surface area contributed by atoms with E-state index in [1.165, 1.54) is 31.2 Å². The van der Waals surface area contributed by atoms with Crippen molar-refractivity contribution in [1.29, 1.82) is 0 Å². The van der Waals surface area contributed by atoms with Gasteiger partial charge in [0.05, 0.1) is 6.61 Å². The van der Waals surface area contributed by atoms with E-state index in [0.717, 1.165) is 24.5 Å². The number of hydrogen-bond acceptors (Lipinski definition) is 2. The van der Waals surface area contributed by atoms with Gasteiger partial charge in [-0.1, -0.05) is 31.9 Å². The molecule has 0 bridgehead atoms. The summed E-state index contributed by atoms with van der Waals surface area (Å²) in [6.07, 6.45) is 6.26. The normalized spacial score (nSPS) is 18.2. The minimum Gasteiger partial charge on any atom is -0.493 e. The van der Waals surface area contributed by atoms with Gasteiger partial charge in [-0.05, 0) is 42.7 Å². The summed E-state index contributed by atoms with van der Waals surface area (Å²) in [4.78, 5) is 0. The predicted molar refractivity (Wildman–Crippen MR) is 76.1 cm³/mol. The molecule has 1 saturated carbocycles. The molecule has 1 aromatic carbocycles. The van der Waals surface area contributed by atoms with Gasteiger partial charge in [0.15, 0.2) is 0 Å². The van der Waals surface area contributed by atoms with Crippen molar-refractivity contribution < 1.29 is 4.74 Å². The molecule has 0 radical (unpaired) electrons. The topological polar surface area (TPSA) is 9.23 Å². The molecule has 1 aliphatic carbocycles. The fourth-order valence-corrected chi connectivity index (χ4v) is 2.97. The van der Waals surface area contributed by atoms with Crippen molar-refractivity contribution in [3.63, 3.8) is 0 Å². The summed E-state index contributed by atoms with van der Waals surface area (Å²) >= 11 is 4.51. The van der Waals surface area contributed by atoms with Gasteiger partial charge in [-0.15, -0.1) is 0 Å². The second-order valence-electron chi connectivity index (χ2n) is 5.15. The van der Waals surface area contributed by atoms with E-state index < -0.39 is 0 Å². The van der Waals surface area contributed by atoms with Crippen molar-refractivity contribution >= 4 is 12.6 Å². The van der Waals surface area contributed by atoms with E-state index in [2.05, 4.69) is 43.8 Å². The fourth-order valence-electron chi connectivity index (χ4n) is 2.56. The van der Waals surface area contributed by atoms with Crippen molar-refractivity contribution in [2.45, 2.75) is 39.0 Å². The molecule has 0 spiro atoms. The molecular weight excluding hydrogens is 228 g/mol. The first-order valence-corrected chi connectivity index (χ1v) is 7.24. The molecule has 0 atom stereocenters. The van der Waals surface area contributed by atoms with E-state index in [1.54, 1.807) is 0 Å². The Kier molecular flexibility index (Phi) is 4.38. The van der Waals surface area contributed by atoms with Crippen LogP contribution in [0, 0.1) is 5.41 Å². The molecule has 0 aliphatic heterocycles. The maximum Gasteiger partial charge on any atom is 0.119 e. The minimum atomic E-state index is 0.325. The molecule has 1 fully saturated rings. The third kappa shape index (κ3) is 3.19. The number of benzene rings is 1. The molecular formula is C15H22OS. The van der Waals surface area contributed by atoms with Crippen LogP contribution in [0.15, 0.2) is 24.3 Å². The van der Waals surface area contributed by atoms with Gasteiger partial charge < -0.3 is 4.74 Å².